The van der Waals surface area contributed by atoms with Gasteiger partial charge in [0.25, 0.3) is 5.91 Å². The Balaban J connectivity index is 0.00000126. The molecule has 5 rings (SSSR count). The van der Waals surface area contributed by atoms with Gasteiger partial charge in [0.1, 0.15) is 0 Å². The van der Waals surface area contributed by atoms with Gasteiger partial charge in [-0.05, 0) is 24.8 Å². The number of hydrogen-bond acceptors (Lipinski definition) is 5. The van der Waals surface area contributed by atoms with Crippen LogP contribution < -0.4 is 9.95 Å². The number of carbonyl (C=O) groups is 2. The van der Waals surface area contributed by atoms with Crippen molar-refractivity contribution in [2.24, 2.45) is 5.92 Å². The number of pyridine rings is 1. The number of carbonyl (C=O) groups excluding carboxylic acids is 2. The number of benzene rings is 1. The van der Waals surface area contributed by atoms with Crippen molar-refractivity contribution < 1.29 is 18.8 Å². The highest BCUT2D eigenvalue weighted by Gasteiger charge is 2.47. The highest BCUT2D eigenvalue weighted by atomic mass is 31.0. The summed E-state index contributed by atoms with van der Waals surface area (Å²) in [7, 11) is 2.05. The number of amides is 1. The van der Waals surface area contributed by atoms with Crippen LogP contribution in [0.4, 0.5) is 0 Å². The van der Waals surface area contributed by atoms with Crippen molar-refractivity contribution in [3.63, 3.8) is 0 Å². The van der Waals surface area contributed by atoms with Gasteiger partial charge in [0, 0.05) is 24.6 Å². The molecule has 1 aromatic heterocycles. The van der Waals surface area contributed by atoms with Crippen LogP contribution in [-0.2, 0) is 17.7 Å². The lowest BCUT2D eigenvalue weighted by atomic mass is 9.98. The minimum Gasteiger partial charge on any atom is -0.474 e. The molecule has 1 saturated heterocycles. The lowest BCUT2D eigenvalue weighted by Crippen LogP contribution is -2.59. The van der Waals surface area contributed by atoms with Crippen molar-refractivity contribution in [1.29, 1.82) is 0 Å². The normalized spacial score (nSPS) is 23.1. The molecule has 2 aromatic rings. The van der Waals surface area contributed by atoms with E-state index in [1.54, 1.807) is 9.47 Å². The molecule has 3 heterocycles. The van der Waals surface area contributed by atoms with Gasteiger partial charge in [0.05, 0.1) is 28.2 Å². The minimum atomic E-state index is -0.535. The molecular formula is C25H31N2O5P. The van der Waals surface area contributed by atoms with Crippen LogP contribution in [0.25, 0.3) is 0 Å². The molecule has 1 unspecified atom stereocenters. The van der Waals surface area contributed by atoms with E-state index in [0.29, 0.717) is 25.5 Å². The second-order valence-electron chi connectivity index (χ2n) is 8.49. The molecular weight excluding hydrogens is 439 g/mol. The monoisotopic (exact) mass is 470 g/mol. The molecule has 0 spiro atoms. The van der Waals surface area contributed by atoms with Crippen molar-refractivity contribution in [1.82, 2.24) is 9.47 Å². The van der Waals surface area contributed by atoms with Gasteiger partial charge in [-0.2, -0.15) is 0 Å². The van der Waals surface area contributed by atoms with Gasteiger partial charge in [-0.15, -0.1) is 0 Å². The number of aryl methyl sites for hydroxylation is 1. The maximum absolute atomic E-state index is 13.4. The third kappa shape index (κ3) is 4.36. The summed E-state index contributed by atoms with van der Waals surface area (Å²) >= 11 is 0. The van der Waals surface area contributed by atoms with Crippen molar-refractivity contribution >= 4 is 21.2 Å². The van der Waals surface area contributed by atoms with Gasteiger partial charge < -0.3 is 18.7 Å². The van der Waals surface area contributed by atoms with Gasteiger partial charge in [-0.25, -0.2) is 0 Å². The van der Waals surface area contributed by atoms with Gasteiger partial charge in [-0.1, -0.05) is 50.6 Å². The molecule has 0 radical (unpaired) electrons. The average Bonchev–Trinajstić information content (AvgIpc) is 3.33. The standard InChI is InChI=1S/C23H25N2O5P.C2H6/c26-18(10-9-14-5-2-1-3-6-14)16-11-24-12-19-25(17-8-4-7-15(17)13-29-19)23(28)20(24)22(30-31)21(16)27;1-2/h1-3,5-6,11,15,17,19H,4,7-10,12-13,31H2;1-2H3/t15-,17-,19+;/m0./s1. The van der Waals surface area contributed by atoms with E-state index in [1.165, 1.54) is 6.20 Å². The Labute approximate surface area is 196 Å². The van der Waals surface area contributed by atoms with E-state index < -0.39 is 5.43 Å². The van der Waals surface area contributed by atoms with Crippen LogP contribution in [0.1, 0.15) is 65.9 Å². The summed E-state index contributed by atoms with van der Waals surface area (Å²) in [6.07, 6.45) is 4.95. The molecule has 0 N–H and O–H groups in total. The van der Waals surface area contributed by atoms with Gasteiger partial charge in [-0.3, -0.25) is 14.4 Å². The summed E-state index contributed by atoms with van der Waals surface area (Å²) in [5.74, 6) is -0.259. The molecule has 1 amide bonds. The number of rotatable bonds is 5. The largest absolute Gasteiger partial charge is 0.474 e. The summed E-state index contributed by atoms with van der Waals surface area (Å²) in [6.45, 7) is 5.02. The van der Waals surface area contributed by atoms with Gasteiger partial charge in [0.15, 0.2) is 23.5 Å². The number of ketones is 1. The van der Waals surface area contributed by atoms with Crippen molar-refractivity contribution in [3.8, 4) is 5.75 Å². The predicted molar refractivity (Wildman–Crippen MR) is 129 cm³/mol. The Bertz CT molecular complexity index is 1080. The Kier molecular flexibility index (Phi) is 7.30. The van der Waals surface area contributed by atoms with Crippen molar-refractivity contribution in [2.75, 3.05) is 6.61 Å². The van der Waals surface area contributed by atoms with E-state index in [-0.39, 0.29) is 47.4 Å². The summed E-state index contributed by atoms with van der Waals surface area (Å²) in [5.41, 5.74) is 0.746. The van der Waals surface area contributed by atoms with Crippen molar-refractivity contribution in [3.05, 3.63) is 63.6 Å². The second kappa shape index (κ2) is 10.2. The number of nitrogens with zero attached hydrogens (tertiary/aromatic N) is 2. The molecule has 1 aromatic carbocycles. The maximum atomic E-state index is 13.4. The fourth-order valence-electron chi connectivity index (χ4n) is 5.17. The summed E-state index contributed by atoms with van der Waals surface area (Å²) in [5, 5.41) is 0. The third-order valence-corrected chi connectivity index (χ3v) is 6.95. The predicted octanol–water partition coefficient (Wildman–Crippen LogP) is 3.84. The van der Waals surface area contributed by atoms with Gasteiger partial charge in [0.2, 0.25) is 5.43 Å². The van der Waals surface area contributed by atoms with Crippen LogP contribution in [0.2, 0.25) is 0 Å². The third-order valence-electron chi connectivity index (χ3n) is 6.72. The number of fused-ring (bicyclic) bond motifs is 4. The zero-order valence-corrected chi connectivity index (χ0v) is 20.3. The molecule has 8 heteroatoms. The molecule has 2 fully saturated rings. The second-order valence-corrected chi connectivity index (χ2v) is 8.72. The summed E-state index contributed by atoms with van der Waals surface area (Å²) in [6, 6.07) is 9.81. The Hall–Kier alpha value is -2.50. The van der Waals surface area contributed by atoms with Crippen LogP contribution in [0.5, 0.6) is 5.75 Å². The molecule has 7 nitrogen and oxygen atoms in total. The van der Waals surface area contributed by atoms with Gasteiger partial charge >= 0.3 is 0 Å². The quantitative estimate of drug-likeness (QED) is 0.490. The van der Waals surface area contributed by atoms with Crippen LogP contribution in [-0.4, -0.2) is 40.0 Å². The summed E-state index contributed by atoms with van der Waals surface area (Å²) < 4.78 is 13.0. The maximum Gasteiger partial charge on any atom is 0.276 e. The first-order valence-corrected chi connectivity index (χ1v) is 12.2. The highest BCUT2D eigenvalue weighted by Crippen LogP contribution is 2.39. The SMILES string of the molecule is CC.O=C(CCc1ccccc1)c1cn2c(c(OP)c1=O)C(=O)N1[C@@H](C2)OC[C@@H]2CCC[C@@H]21. The van der Waals surface area contributed by atoms with Crippen LogP contribution in [0.3, 0.4) is 0 Å². The van der Waals surface area contributed by atoms with E-state index >= 15 is 0 Å². The Morgan fingerprint density at radius 1 is 1.18 bits per heavy atom. The lowest BCUT2D eigenvalue weighted by Gasteiger charge is -2.46. The minimum absolute atomic E-state index is 0.0490. The lowest BCUT2D eigenvalue weighted by molar-refractivity contribution is -0.134. The van der Waals surface area contributed by atoms with Crippen LogP contribution in [0, 0.1) is 5.92 Å². The molecule has 2 aliphatic heterocycles. The average molecular weight is 471 g/mol. The first-order chi connectivity index (χ1) is 16.1. The molecule has 3 aliphatic rings. The molecule has 1 saturated carbocycles. The topological polar surface area (TPSA) is 77.8 Å². The molecule has 4 atom stereocenters. The Morgan fingerprint density at radius 3 is 2.67 bits per heavy atom. The molecule has 33 heavy (non-hydrogen) atoms. The van der Waals surface area contributed by atoms with Crippen LogP contribution >= 0.6 is 9.47 Å². The van der Waals surface area contributed by atoms with E-state index in [0.717, 1.165) is 24.8 Å². The van der Waals surface area contributed by atoms with Crippen LogP contribution in [0.15, 0.2) is 41.3 Å². The van der Waals surface area contributed by atoms with E-state index in [4.69, 9.17) is 9.26 Å². The zero-order valence-electron chi connectivity index (χ0n) is 19.2. The molecule has 176 valence electrons. The molecule has 0 bridgehead atoms. The smallest absolute Gasteiger partial charge is 0.276 e. The number of hydrogen-bond donors (Lipinski definition) is 0. The number of Topliss-reactive ketones (excluding diaryl/α,β-unsaturated/α-hetero) is 1. The summed E-state index contributed by atoms with van der Waals surface area (Å²) in [4.78, 5) is 41.2. The van der Waals surface area contributed by atoms with E-state index in [2.05, 4.69) is 0 Å². The van der Waals surface area contributed by atoms with E-state index in [1.807, 2.05) is 53.6 Å². The van der Waals surface area contributed by atoms with Crippen molar-refractivity contribution in [2.45, 2.75) is 64.8 Å². The molecule has 1 aliphatic carbocycles. The first kappa shape index (κ1) is 23.7. The number of ether oxygens (including phenoxy) is 1. The highest BCUT2D eigenvalue weighted by molar-refractivity contribution is 7.10. The fourth-order valence-corrected chi connectivity index (χ4v) is 5.39. The number of aromatic nitrogens is 1. The zero-order chi connectivity index (χ0) is 23.5. The van der Waals surface area contributed by atoms with E-state index in [9.17, 15) is 14.4 Å². The fraction of sp³-hybridized carbons (Fsp3) is 0.480. The Morgan fingerprint density at radius 2 is 1.94 bits per heavy atom. The first-order valence-electron chi connectivity index (χ1n) is 11.7.